The number of hydrogen-bond donors (Lipinski definition) is 3. The van der Waals surface area contributed by atoms with Crippen LogP contribution in [0.5, 0.6) is 0 Å². The fraction of sp³-hybridized carbons (Fsp3) is 0.333. The van der Waals surface area contributed by atoms with E-state index in [1.165, 1.54) is 18.5 Å². The monoisotopic (exact) mass is 392 g/mol. The highest BCUT2D eigenvalue weighted by Crippen LogP contribution is 2.14. The molecule has 2 rings (SSSR count). The number of aliphatic hydroxyl groups is 1. The summed E-state index contributed by atoms with van der Waals surface area (Å²) in [5.74, 6) is -0.760. The van der Waals surface area contributed by atoms with Crippen molar-refractivity contribution in [3.8, 4) is 0 Å². The van der Waals surface area contributed by atoms with Crippen molar-refractivity contribution in [2.24, 2.45) is 0 Å². The quantitative estimate of drug-likeness (QED) is 0.588. The highest BCUT2D eigenvalue weighted by molar-refractivity contribution is 6.33. The molecule has 1 heterocycles. The van der Waals surface area contributed by atoms with Crippen LogP contribution in [0.2, 0.25) is 5.02 Å². The number of benzene rings is 1. The van der Waals surface area contributed by atoms with Crippen molar-refractivity contribution in [1.82, 2.24) is 20.8 Å². The zero-order valence-electron chi connectivity index (χ0n) is 14.8. The summed E-state index contributed by atoms with van der Waals surface area (Å²) < 4.78 is 5.48. The van der Waals surface area contributed by atoms with Gasteiger partial charge in [-0.15, -0.1) is 0 Å². The SMILES string of the molecule is CCO[C@H](CNC(=O)c1ccnnc1)[C@@H](O)CNC(=O)c1ccccc1Cl. The highest BCUT2D eigenvalue weighted by atomic mass is 35.5. The van der Waals surface area contributed by atoms with Gasteiger partial charge < -0.3 is 20.5 Å². The molecule has 0 saturated carbocycles. The first kappa shape index (κ1) is 20.8. The number of aromatic nitrogens is 2. The van der Waals surface area contributed by atoms with Crippen molar-refractivity contribution in [2.75, 3.05) is 19.7 Å². The van der Waals surface area contributed by atoms with Crippen molar-refractivity contribution in [3.63, 3.8) is 0 Å². The van der Waals surface area contributed by atoms with Gasteiger partial charge in [-0.25, -0.2) is 0 Å². The summed E-state index contributed by atoms with van der Waals surface area (Å²) >= 11 is 5.98. The lowest BCUT2D eigenvalue weighted by Crippen LogP contribution is -2.46. The smallest absolute Gasteiger partial charge is 0.253 e. The number of hydrogen-bond acceptors (Lipinski definition) is 6. The van der Waals surface area contributed by atoms with Gasteiger partial charge in [-0.05, 0) is 25.1 Å². The van der Waals surface area contributed by atoms with Gasteiger partial charge in [-0.2, -0.15) is 10.2 Å². The van der Waals surface area contributed by atoms with Gasteiger partial charge in [0.2, 0.25) is 0 Å². The maximum Gasteiger partial charge on any atom is 0.253 e. The molecule has 0 aliphatic carbocycles. The minimum absolute atomic E-state index is 0.0542. The third kappa shape index (κ3) is 6.28. The van der Waals surface area contributed by atoms with Crippen molar-refractivity contribution in [2.45, 2.75) is 19.1 Å². The predicted octanol–water partition coefficient (Wildman–Crippen LogP) is 1.06. The van der Waals surface area contributed by atoms with Gasteiger partial charge in [0.05, 0.1) is 34.6 Å². The molecule has 1 aromatic heterocycles. The number of rotatable bonds is 9. The predicted molar refractivity (Wildman–Crippen MR) is 99.6 cm³/mol. The van der Waals surface area contributed by atoms with E-state index >= 15 is 0 Å². The topological polar surface area (TPSA) is 113 Å². The molecule has 8 nitrogen and oxygen atoms in total. The van der Waals surface area contributed by atoms with Gasteiger partial charge in [0.25, 0.3) is 11.8 Å². The summed E-state index contributed by atoms with van der Waals surface area (Å²) in [6, 6.07) is 8.15. The van der Waals surface area contributed by atoms with Crippen molar-refractivity contribution in [3.05, 3.63) is 58.9 Å². The summed E-state index contributed by atoms with van der Waals surface area (Å²) in [4.78, 5) is 24.2. The molecule has 0 bridgehead atoms. The first-order chi connectivity index (χ1) is 13.0. The molecule has 0 saturated heterocycles. The van der Waals surface area contributed by atoms with Crippen LogP contribution in [0.1, 0.15) is 27.6 Å². The average Bonchev–Trinajstić information content (AvgIpc) is 2.69. The van der Waals surface area contributed by atoms with E-state index in [0.29, 0.717) is 22.8 Å². The zero-order valence-corrected chi connectivity index (χ0v) is 15.5. The fourth-order valence-electron chi connectivity index (χ4n) is 2.31. The van der Waals surface area contributed by atoms with Crippen LogP contribution in [-0.4, -0.2) is 59.0 Å². The first-order valence-corrected chi connectivity index (χ1v) is 8.78. The lowest BCUT2D eigenvalue weighted by molar-refractivity contribution is -0.0287. The van der Waals surface area contributed by atoms with Crippen LogP contribution in [0, 0.1) is 0 Å². The Morgan fingerprint density at radius 1 is 1.15 bits per heavy atom. The maximum atomic E-state index is 12.2. The van der Waals surface area contributed by atoms with Gasteiger partial charge in [-0.1, -0.05) is 23.7 Å². The normalized spacial score (nSPS) is 12.9. The van der Waals surface area contributed by atoms with Gasteiger partial charge in [0.15, 0.2) is 0 Å². The number of halogens is 1. The molecule has 0 aliphatic heterocycles. The zero-order chi connectivity index (χ0) is 19.6. The average molecular weight is 393 g/mol. The third-order valence-corrected chi connectivity index (χ3v) is 4.04. The van der Waals surface area contributed by atoms with Crippen LogP contribution in [0.25, 0.3) is 0 Å². The Bertz CT molecular complexity index is 760. The van der Waals surface area contributed by atoms with E-state index in [0.717, 1.165) is 0 Å². The Morgan fingerprint density at radius 2 is 1.89 bits per heavy atom. The molecule has 0 radical (unpaired) electrons. The summed E-state index contributed by atoms with van der Waals surface area (Å²) in [6.07, 6.45) is 1.03. The molecular weight excluding hydrogens is 372 g/mol. The van der Waals surface area contributed by atoms with Crippen LogP contribution in [0.15, 0.2) is 42.7 Å². The molecule has 0 unspecified atom stereocenters. The number of carbonyl (C=O) groups is 2. The molecule has 1 aromatic carbocycles. The van der Waals surface area contributed by atoms with Crippen LogP contribution in [-0.2, 0) is 4.74 Å². The summed E-state index contributed by atoms with van der Waals surface area (Å²) in [6.45, 7) is 2.13. The van der Waals surface area contributed by atoms with E-state index in [1.807, 2.05) is 0 Å². The Labute approximate surface area is 161 Å². The Morgan fingerprint density at radius 3 is 2.56 bits per heavy atom. The van der Waals surface area contributed by atoms with Gasteiger partial charge in [0.1, 0.15) is 6.10 Å². The molecule has 2 aromatic rings. The summed E-state index contributed by atoms with van der Waals surface area (Å²) in [5, 5.41) is 23.2. The lowest BCUT2D eigenvalue weighted by Gasteiger charge is -2.23. The number of nitrogens with zero attached hydrogens (tertiary/aromatic N) is 2. The Balaban J connectivity index is 1.88. The van der Waals surface area contributed by atoms with E-state index in [2.05, 4.69) is 20.8 Å². The number of nitrogens with one attached hydrogen (secondary N) is 2. The van der Waals surface area contributed by atoms with Gasteiger partial charge in [-0.3, -0.25) is 9.59 Å². The first-order valence-electron chi connectivity index (χ1n) is 8.40. The second-order valence-electron chi connectivity index (χ2n) is 5.59. The van der Waals surface area contributed by atoms with E-state index < -0.39 is 18.1 Å². The van der Waals surface area contributed by atoms with Crippen molar-refractivity contribution >= 4 is 23.4 Å². The minimum Gasteiger partial charge on any atom is -0.388 e. The Kier molecular flexibility index (Phi) is 8.12. The standard InChI is InChI=1S/C18H21ClN4O4/c1-2-27-16(11-21-17(25)12-7-8-22-23-9-12)15(24)10-20-18(26)13-5-3-4-6-14(13)19/h3-9,15-16,24H,2,10-11H2,1H3,(H,20,26)(H,21,25)/t15-,16+/m0/s1. The molecule has 2 atom stereocenters. The van der Waals surface area contributed by atoms with Crippen LogP contribution in [0.3, 0.4) is 0 Å². The van der Waals surface area contributed by atoms with Crippen LogP contribution < -0.4 is 10.6 Å². The summed E-state index contributed by atoms with van der Waals surface area (Å²) in [5.41, 5.74) is 0.666. The molecule has 0 spiro atoms. The van der Waals surface area contributed by atoms with Crippen LogP contribution >= 0.6 is 11.6 Å². The molecule has 144 valence electrons. The molecule has 0 aliphatic rings. The largest absolute Gasteiger partial charge is 0.388 e. The Hall–Kier alpha value is -2.55. The van der Waals surface area contributed by atoms with Gasteiger partial charge in [0, 0.05) is 19.7 Å². The van der Waals surface area contributed by atoms with Gasteiger partial charge >= 0.3 is 0 Å². The van der Waals surface area contributed by atoms with Crippen molar-refractivity contribution in [1.29, 1.82) is 0 Å². The molecule has 3 N–H and O–H groups in total. The maximum absolute atomic E-state index is 12.2. The minimum atomic E-state index is -1.02. The second-order valence-corrected chi connectivity index (χ2v) is 6.00. The fourth-order valence-corrected chi connectivity index (χ4v) is 2.53. The summed E-state index contributed by atoms with van der Waals surface area (Å²) in [7, 11) is 0. The van der Waals surface area contributed by atoms with Crippen LogP contribution in [0.4, 0.5) is 0 Å². The van der Waals surface area contributed by atoms with E-state index in [1.54, 1.807) is 31.2 Å². The molecular formula is C18H21ClN4O4. The van der Waals surface area contributed by atoms with E-state index in [9.17, 15) is 14.7 Å². The molecule has 27 heavy (non-hydrogen) atoms. The molecule has 2 amide bonds. The molecule has 0 fully saturated rings. The number of aliphatic hydroxyl groups excluding tert-OH is 1. The number of amides is 2. The molecule has 9 heteroatoms. The van der Waals surface area contributed by atoms with E-state index in [-0.39, 0.29) is 19.0 Å². The van der Waals surface area contributed by atoms with E-state index in [4.69, 9.17) is 16.3 Å². The number of ether oxygens (including phenoxy) is 1. The van der Waals surface area contributed by atoms with Crippen molar-refractivity contribution < 1.29 is 19.4 Å². The highest BCUT2D eigenvalue weighted by Gasteiger charge is 2.22. The lowest BCUT2D eigenvalue weighted by atomic mass is 10.1. The third-order valence-electron chi connectivity index (χ3n) is 3.71. The number of carbonyl (C=O) groups excluding carboxylic acids is 2. The second kappa shape index (κ2) is 10.6.